The van der Waals surface area contributed by atoms with Crippen LogP contribution in [0, 0.1) is 0 Å². The number of nitrogens with zero attached hydrogens (tertiary/aromatic N) is 2. The van der Waals surface area contributed by atoms with Gasteiger partial charge in [-0.05, 0) is 17.1 Å². The van der Waals surface area contributed by atoms with Gasteiger partial charge in [0.15, 0.2) is 0 Å². The van der Waals surface area contributed by atoms with E-state index >= 15 is 0 Å². The predicted molar refractivity (Wildman–Crippen MR) is 35.2 cm³/mol. The van der Waals surface area contributed by atoms with E-state index in [1.165, 1.54) is 6.39 Å². The smallest absolute Gasteiger partial charge is 0.369 e. The van der Waals surface area contributed by atoms with Gasteiger partial charge in [-0.3, -0.25) is 0 Å². The molecule has 0 bridgehead atoms. The number of fused-ring (bicyclic) bond motifs is 1. The molecule has 3 nitrogen and oxygen atoms in total. The van der Waals surface area contributed by atoms with E-state index in [1.807, 2.05) is 29.9 Å². The number of hydrogen-bond acceptors (Lipinski definition) is 2. The highest BCUT2D eigenvalue weighted by atomic mass is 16.3. The Labute approximate surface area is 57.9 Å². The van der Waals surface area contributed by atoms with Crippen molar-refractivity contribution in [1.29, 1.82) is 0 Å². The maximum absolute atomic E-state index is 5.07. The molecule has 0 radical (unpaired) electrons. The van der Waals surface area contributed by atoms with Crippen LogP contribution in [0.1, 0.15) is 0 Å². The second kappa shape index (κ2) is 1.80. The van der Waals surface area contributed by atoms with Crippen LogP contribution in [-0.2, 0) is 7.05 Å². The number of oxazole rings is 1. The summed E-state index contributed by atoms with van der Waals surface area (Å²) >= 11 is 0. The molecule has 2 rings (SSSR count). The molecule has 2 aromatic rings. The van der Waals surface area contributed by atoms with Crippen molar-refractivity contribution in [2.45, 2.75) is 0 Å². The number of hydrogen-bond donors (Lipinski definition) is 0. The molecule has 0 spiro atoms. The van der Waals surface area contributed by atoms with Gasteiger partial charge in [0.1, 0.15) is 0 Å². The van der Waals surface area contributed by atoms with Crippen LogP contribution in [0.25, 0.3) is 11.2 Å². The Morgan fingerprint density at radius 2 is 2.50 bits per heavy atom. The molecule has 0 unspecified atom stereocenters. The number of aromatic nitrogens is 2. The standard InChI is InChI=1S/C7H7N2O/c1-9-4-2-3-6-7(9)8-5-10-6/h2-5H,1H3/q+1. The normalized spacial score (nSPS) is 10.5. The van der Waals surface area contributed by atoms with Crippen LogP contribution < -0.4 is 4.57 Å². The van der Waals surface area contributed by atoms with Gasteiger partial charge in [-0.15, -0.1) is 0 Å². The Hall–Kier alpha value is -1.38. The van der Waals surface area contributed by atoms with E-state index in [-0.39, 0.29) is 0 Å². The quantitative estimate of drug-likeness (QED) is 0.496. The second-order valence-corrected chi connectivity index (χ2v) is 2.16. The lowest BCUT2D eigenvalue weighted by Gasteiger charge is -1.85. The Morgan fingerprint density at radius 1 is 1.60 bits per heavy atom. The fraction of sp³-hybridized carbons (Fsp3) is 0.143. The monoisotopic (exact) mass is 135 g/mol. The van der Waals surface area contributed by atoms with Gasteiger partial charge in [0.05, 0.1) is 13.2 Å². The van der Waals surface area contributed by atoms with Crippen molar-refractivity contribution in [1.82, 2.24) is 4.98 Å². The molecule has 0 N–H and O–H groups in total. The third kappa shape index (κ3) is 0.603. The molecule has 0 aromatic carbocycles. The maximum Gasteiger partial charge on any atom is 0.369 e. The van der Waals surface area contributed by atoms with Gasteiger partial charge in [0.25, 0.3) is 6.39 Å². The van der Waals surface area contributed by atoms with Crippen molar-refractivity contribution in [3.8, 4) is 0 Å². The first-order valence-corrected chi connectivity index (χ1v) is 3.06. The summed E-state index contributed by atoms with van der Waals surface area (Å²) in [6, 6.07) is 3.82. The molecule has 3 heteroatoms. The summed E-state index contributed by atoms with van der Waals surface area (Å²) < 4.78 is 6.98. The summed E-state index contributed by atoms with van der Waals surface area (Å²) in [5, 5.41) is 0. The van der Waals surface area contributed by atoms with E-state index < -0.39 is 0 Å². The third-order valence-electron chi connectivity index (χ3n) is 1.47. The van der Waals surface area contributed by atoms with Crippen LogP contribution in [0.2, 0.25) is 0 Å². The molecule has 0 fully saturated rings. The molecule has 0 aliphatic carbocycles. The average Bonchev–Trinajstić information content (AvgIpc) is 2.36. The highest BCUT2D eigenvalue weighted by molar-refractivity contribution is 5.62. The molecule has 50 valence electrons. The summed E-state index contributed by atoms with van der Waals surface area (Å²) in [7, 11) is 1.94. The van der Waals surface area contributed by atoms with Crippen LogP contribution in [0.4, 0.5) is 0 Å². The van der Waals surface area contributed by atoms with E-state index in [0.717, 1.165) is 11.2 Å². The van der Waals surface area contributed by atoms with E-state index in [4.69, 9.17) is 4.42 Å². The highest BCUT2D eigenvalue weighted by Gasteiger charge is 2.07. The molecule has 2 heterocycles. The highest BCUT2D eigenvalue weighted by Crippen LogP contribution is 2.04. The van der Waals surface area contributed by atoms with Crippen molar-refractivity contribution >= 4 is 11.2 Å². The molecular formula is C7H7N2O+. The molecule has 0 amide bonds. The fourth-order valence-corrected chi connectivity index (χ4v) is 0.958. The lowest BCUT2D eigenvalue weighted by Crippen LogP contribution is -2.27. The van der Waals surface area contributed by atoms with Crippen molar-refractivity contribution < 1.29 is 8.98 Å². The van der Waals surface area contributed by atoms with Crippen LogP contribution in [0.15, 0.2) is 29.1 Å². The van der Waals surface area contributed by atoms with Crippen molar-refractivity contribution in [2.75, 3.05) is 0 Å². The molecule has 0 atom stereocenters. The number of aryl methyl sites for hydroxylation is 1. The lowest BCUT2D eigenvalue weighted by molar-refractivity contribution is -0.646. The van der Waals surface area contributed by atoms with Gasteiger partial charge in [0.2, 0.25) is 5.58 Å². The minimum absolute atomic E-state index is 0.824. The summed E-state index contributed by atoms with van der Waals surface area (Å²) in [6.07, 6.45) is 3.38. The Bertz CT molecular complexity index is 353. The zero-order valence-electron chi connectivity index (χ0n) is 5.61. The Morgan fingerprint density at radius 3 is 3.30 bits per heavy atom. The second-order valence-electron chi connectivity index (χ2n) is 2.16. The Kier molecular flexibility index (Phi) is 0.974. The molecular weight excluding hydrogens is 128 g/mol. The van der Waals surface area contributed by atoms with E-state index in [9.17, 15) is 0 Å². The number of rotatable bonds is 0. The average molecular weight is 135 g/mol. The summed E-state index contributed by atoms with van der Waals surface area (Å²) in [4.78, 5) is 4.01. The van der Waals surface area contributed by atoms with Crippen LogP contribution >= 0.6 is 0 Å². The van der Waals surface area contributed by atoms with Gasteiger partial charge in [-0.2, -0.15) is 0 Å². The predicted octanol–water partition coefficient (Wildman–Crippen LogP) is 0.652. The minimum Gasteiger partial charge on any atom is -0.417 e. The van der Waals surface area contributed by atoms with Gasteiger partial charge >= 0.3 is 5.65 Å². The first-order valence-electron chi connectivity index (χ1n) is 3.06. The topological polar surface area (TPSA) is 29.9 Å². The fourth-order valence-electron chi connectivity index (χ4n) is 0.958. The van der Waals surface area contributed by atoms with Gasteiger partial charge in [-0.25, -0.2) is 4.57 Å². The summed E-state index contributed by atoms with van der Waals surface area (Å²) in [5.74, 6) is 0. The first-order chi connectivity index (χ1) is 4.88. The van der Waals surface area contributed by atoms with Gasteiger partial charge in [0, 0.05) is 0 Å². The van der Waals surface area contributed by atoms with E-state index in [0.29, 0.717) is 0 Å². The zero-order valence-corrected chi connectivity index (χ0v) is 5.61. The largest absolute Gasteiger partial charge is 0.417 e. The summed E-state index contributed by atoms with van der Waals surface area (Å²) in [5.41, 5.74) is 1.70. The van der Waals surface area contributed by atoms with Crippen LogP contribution in [0.3, 0.4) is 0 Å². The lowest BCUT2D eigenvalue weighted by atomic mass is 10.4. The van der Waals surface area contributed by atoms with Gasteiger partial charge in [-0.1, -0.05) is 0 Å². The maximum atomic E-state index is 5.07. The van der Waals surface area contributed by atoms with Gasteiger partial charge < -0.3 is 4.42 Å². The van der Waals surface area contributed by atoms with Crippen LogP contribution in [0.5, 0.6) is 0 Å². The minimum atomic E-state index is 0.824. The van der Waals surface area contributed by atoms with Crippen molar-refractivity contribution in [3.63, 3.8) is 0 Å². The molecule has 0 saturated carbocycles. The molecule has 0 saturated heterocycles. The zero-order chi connectivity index (χ0) is 6.97. The molecule has 10 heavy (non-hydrogen) atoms. The van der Waals surface area contributed by atoms with Crippen LogP contribution in [-0.4, -0.2) is 4.98 Å². The third-order valence-corrected chi connectivity index (χ3v) is 1.47. The van der Waals surface area contributed by atoms with Crippen molar-refractivity contribution in [2.24, 2.45) is 7.05 Å². The van der Waals surface area contributed by atoms with E-state index in [2.05, 4.69) is 4.98 Å². The molecule has 0 aliphatic rings. The SMILES string of the molecule is C[n+]1cccc2ocnc21. The Balaban J connectivity index is 2.95. The number of pyridine rings is 1. The first kappa shape index (κ1) is 5.41. The van der Waals surface area contributed by atoms with Crippen molar-refractivity contribution in [3.05, 3.63) is 24.7 Å². The molecule has 2 aromatic heterocycles. The summed E-state index contributed by atoms with van der Waals surface area (Å²) in [6.45, 7) is 0. The molecule has 0 aliphatic heterocycles. The van der Waals surface area contributed by atoms with E-state index in [1.54, 1.807) is 0 Å².